The van der Waals surface area contributed by atoms with E-state index in [1.165, 1.54) is 16.7 Å². The average Bonchev–Trinajstić information content (AvgIpc) is 2.89. The molecule has 2 aliphatic heterocycles. The molecule has 1 N–H and O–H groups in total. The highest BCUT2D eigenvalue weighted by Crippen LogP contribution is 2.32. The number of morpholine rings is 1. The maximum atomic E-state index is 12.7. The first kappa shape index (κ1) is 18.1. The Kier molecular flexibility index (Phi) is 6.25. The summed E-state index contributed by atoms with van der Waals surface area (Å²) >= 11 is 6.76. The normalized spacial score (nSPS) is 20.3. The summed E-state index contributed by atoms with van der Waals surface area (Å²) in [5.74, 6) is 0.765. The predicted molar refractivity (Wildman–Crippen MR) is 104 cm³/mol. The zero-order valence-electron chi connectivity index (χ0n) is 13.9. The van der Waals surface area contributed by atoms with Gasteiger partial charge in [0, 0.05) is 0 Å². The molecule has 7 heteroatoms. The van der Waals surface area contributed by atoms with Crippen molar-refractivity contribution in [3.8, 4) is 5.75 Å². The molecule has 0 aliphatic carbocycles. The van der Waals surface area contributed by atoms with E-state index in [-0.39, 0.29) is 5.91 Å². The van der Waals surface area contributed by atoms with E-state index in [1.54, 1.807) is 11.0 Å². The Hall–Kier alpha value is -1.67. The van der Waals surface area contributed by atoms with Crippen molar-refractivity contribution in [2.24, 2.45) is 0 Å². The predicted octanol–water partition coefficient (Wildman–Crippen LogP) is 1.33. The molecule has 2 fully saturated rings. The van der Waals surface area contributed by atoms with Gasteiger partial charge in [0.2, 0.25) is 0 Å². The molecule has 1 aromatic carbocycles. The van der Waals surface area contributed by atoms with Crippen molar-refractivity contribution in [2.45, 2.75) is 0 Å². The highest BCUT2D eigenvalue weighted by Gasteiger charge is 2.34. The van der Waals surface area contributed by atoms with Crippen LogP contribution in [0.5, 0.6) is 5.75 Å². The number of hydrogen-bond donors (Lipinski definition) is 1. The number of thiocarbonyl (C=S) groups is 1. The van der Waals surface area contributed by atoms with Gasteiger partial charge in [-0.3, -0.25) is 4.79 Å². The van der Waals surface area contributed by atoms with Gasteiger partial charge in [0.25, 0.3) is 5.91 Å². The van der Waals surface area contributed by atoms with E-state index in [0.717, 1.165) is 37.6 Å². The first-order valence-electron chi connectivity index (χ1n) is 8.18. The van der Waals surface area contributed by atoms with E-state index in [0.29, 0.717) is 22.5 Å². The molecule has 2 heterocycles. The van der Waals surface area contributed by atoms with Gasteiger partial charge in [-0.1, -0.05) is 48.8 Å². The monoisotopic (exact) mass is 377 g/mol. The average molecular weight is 378 g/mol. The third-order valence-electron chi connectivity index (χ3n) is 4.00. The van der Waals surface area contributed by atoms with Gasteiger partial charge in [-0.05, 0) is 23.8 Å². The molecule has 0 bridgehead atoms. The summed E-state index contributed by atoms with van der Waals surface area (Å²) in [6, 6.07) is 7.62. The Balaban J connectivity index is 1.66. The van der Waals surface area contributed by atoms with E-state index in [1.807, 2.05) is 30.3 Å². The van der Waals surface area contributed by atoms with E-state index in [9.17, 15) is 4.79 Å². The second-order valence-electron chi connectivity index (χ2n) is 5.80. The van der Waals surface area contributed by atoms with Crippen LogP contribution in [0.25, 0.3) is 6.08 Å². The summed E-state index contributed by atoms with van der Waals surface area (Å²) in [5, 5.41) is 0. The molecule has 3 rings (SSSR count). The number of nitrogens with one attached hydrogen (secondary N) is 1. The van der Waals surface area contributed by atoms with Crippen molar-refractivity contribution in [1.29, 1.82) is 0 Å². The maximum absolute atomic E-state index is 12.7. The van der Waals surface area contributed by atoms with Gasteiger partial charge in [-0.2, -0.15) is 0 Å². The standard InChI is InChI=1S/C18H20N2O3S2/c1-2-9-23-15-5-3-14(4-6-15)12-16-17(21)20(18(24)25-16)13-19-7-10-22-11-8-19/h2-6,12H,1,7-11,13H2/p+1/b16-12-. The van der Waals surface area contributed by atoms with Crippen LogP contribution in [-0.2, 0) is 9.53 Å². The summed E-state index contributed by atoms with van der Waals surface area (Å²) in [4.78, 5) is 16.4. The van der Waals surface area contributed by atoms with Gasteiger partial charge < -0.3 is 14.4 Å². The Morgan fingerprint density at radius 1 is 1.32 bits per heavy atom. The lowest BCUT2D eigenvalue weighted by molar-refractivity contribution is -0.914. The quantitative estimate of drug-likeness (QED) is 0.460. The number of rotatable bonds is 6. The number of benzene rings is 1. The third-order valence-corrected chi connectivity index (χ3v) is 5.38. The Morgan fingerprint density at radius 2 is 2.04 bits per heavy atom. The number of ether oxygens (including phenoxy) is 2. The largest absolute Gasteiger partial charge is 0.490 e. The van der Waals surface area contributed by atoms with Crippen LogP contribution < -0.4 is 9.64 Å². The highest BCUT2D eigenvalue weighted by atomic mass is 32.2. The first-order valence-corrected chi connectivity index (χ1v) is 9.40. The maximum Gasteiger partial charge on any atom is 0.270 e. The second-order valence-corrected chi connectivity index (χ2v) is 7.47. The number of nitrogens with zero attached hydrogens (tertiary/aromatic N) is 1. The van der Waals surface area contributed by atoms with Gasteiger partial charge in [0.1, 0.15) is 25.4 Å². The fourth-order valence-electron chi connectivity index (χ4n) is 2.64. The van der Waals surface area contributed by atoms with Crippen LogP contribution in [0.15, 0.2) is 41.8 Å². The van der Waals surface area contributed by atoms with Crippen molar-refractivity contribution in [3.63, 3.8) is 0 Å². The van der Waals surface area contributed by atoms with E-state index >= 15 is 0 Å². The highest BCUT2D eigenvalue weighted by molar-refractivity contribution is 8.26. The van der Waals surface area contributed by atoms with Crippen LogP contribution in [0.4, 0.5) is 0 Å². The molecule has 25 heavy (non-hydrogen) atoms. The lowest BCUT2D eigenvalue weighted by Gasteiger charge is -2.27. The fraction of sp³-hybridized carbons (Fsp3) is 0.333. The van der Waals surface area contributed by atoms with Gasteiger partial charge >= 0.3 is 0 Å². The Morgan fingerprint density at radius 3 is 2.72 bits per heavy atom. The summed E-state index contributed by atoms with van der Waals surface area (Å²) in [6.45, 7) is 7.99. The number of carbonyl (C=O) groups excluding carboxylic acids is 1. The molecule has 2 aliphatic rings. The van der Waals surface area contributed by atoms with Gasteiger partial charge in [0.15, 0.2) is 11.0 Å². The van der Waals surface area contributed by atoms with Crippen molar-refractivity contribution >= 4 is 40.3 Å². The second kappa shape index (κ2) is 8.62. The lowest BCUT2D eigenvalue weighted by atomic mass is 10.2. The molecule has 0 atom stereocenters. The summed E-state index contributed by atoms with van der Waals surface area (Å²) < 4.78 is 11.5. The van der Waals surface area contributed by atoms with E-state index in [2.05, 4.69) is 6.58 Å². The summed E-state index contributed by atoms with van der Waals surface area (Å²) in [7, 11) is 0. The van der Waals surface area contributed by atoms with Gasteiger partial charge in [-0.25, -0.2) is 4.90 Å². The van der Waals surface area contributed by atoms with Crippen LogP contribution in [-0.4, -0.2) is 54.7 Å². The number of hydrogen-bond acceptors (Lipinski definition) is 5. The molecule has 5 nitrogen and oxygen atoms in total. The lowest BCUT2D eigenvalue weighted by Crippen LogP contribution is -3.15. The first-order chi connectivity index (χ1) is 12.2. The smallest absolute Gasteiger partial charge is 0.270 e. The minimum atomic E-state index is -0.0130. The topological polar surface area (TPSA) is 43.2 Å². The summed E-state index contributed by atoms with van der Waals surface area (Å²) in [6.07, 6.45) is 3.58. The molecule has 132 valence electrons. The number of thioether (sulfide) groups is 1. The minimum Gasteiger partial charge on any atom is -0.490 e. The van der Waals surface area contributed by atoms with Crippen molar-refractivity contribution < 1.29 is 19.2 Å². The van der Waals surface area contributed by atoms with Crippen LogP contribution in [0, 0.1) is 0 Å². The molecule has 1 amide bonds. The molecule has 0 spiro atoms. The van der Waals surface area contributed by atoms with Crippen LogP contribution in [0.2, 0.25) is 0 Å². The molecular formula is C18H21N2O3S2+. The molecule has 0 unspecified atom stereocenters. The number of quaternary nitrogens is 1. The minimum absolute atomic E-state index is 0.0130. The zero-order chi connectivity index (χ0) is 17.6. The number of carbonyl (C=O) groups is 1. The van der Waals surface area contributed by atoms with E-state index in [4.69, 9.17) is 21.7 Å². The molecular weight excluding hydrogens is 356 g/mol. The molecule has 2 saturated heterocycles. The van der Waals surface area contributed by atoms with Crippen LogP contribution >= 0.6 is 24.0 Å². The van der Waals surface area contributed by atoms with E-state index < -0.39 is 0 Å². The Labute approximate surface area is 157 Å². The van der Waals surface area contributed by atoms with Gasteiger partial charge in [0.05, 0.1) is 18.1 Å². The zero-order valence-corrected chi connectivity index (χ0v) is 15.5. The van der Waals surface area contributed by atoms with Crippen LogP contribution in [0.1, 0.15) is 5.56 Å². The van der Waals surface area contributed by atoms with Crippen molar-refractivity contribution in [2.75, 3.05) is 39.6 Å². The fourth-order valence-corrected chi connectivity index (χ4v) is 3.90. The molecule has 0 radical (unpaired) electrons. The molecule has 0 aromatic heterocycles. The summed E-state index contributed by atoms with van der Waals surface area (Å²) in [5.41, 5.74) is 0.949. The third kappa shape index (κ3) is 4.70. The SMILES string of the molecule is C=CCOc1ccc(/C=C2\SC(=S)N(C[NH+]3CCOCC3)C2=O)cc1. The van der Waals surface area contributed by atoms with Crippen molar-refractivity contribution in [1.82, 2.24) is 4.90 Å². The molecule has 1 aromatic rings. The molecule has 0 saturated carbocycles. The Bertz CT molecular complexity index is 682. The van der Waals surface area contributed by atoms with Crippen LogP contribution in [0.3, 0.4) is 0 Å². The van der Waals surface area contributed by atoms with Gasteiger partial charge in [-0.15, -0.1) is 0 Å². The number of amides is 1. The van der Waals surface area contributed by atoms with Crippen molar-refractivity contribution in [3.05, 3.63) is 47.4 Å².